The molecule has 0 aliphatic heterocycles. The molecule has 8 heteroatoms. The summed E-state index contributed by atoms with van der Waals surface area (Å²) in [7, 11) is 0. The number of benzene rings is 1. The normalized spacial score (nSPS) is 14.3. The highest BCUT2D eigenvalue weighted by Gasteiger charge is 2.17. The first-order valence-electron chi connectivity index (χ1n) is 11.9. The Hall–Kier alpha value is -3.42. The Kier molecular flexibility index (Phi) is 6.24. The van der Waals surface area contributed by atoms with Crippen LogP contribution in [0.2, 0.25) is 0 Å². The second-order valence-corrected chi connectivity index (χ2v) is 8.87. The molecule has 3 aromatic heterocycles. The fourth-order valence-electron chi connectivity index (χ4n) is 4.55. The van der Waals surface area contributed by atoms with Crippen LogP contribution in [0.4, 0.5) is 0 Å². The number of nitrogens with zero attached hydrogens (tertiary/aromatic N) is 6. The van der Waals surface area contributed by atoms with Gasteiger partial charge in [0.25, 0.3) is 5.56 Å². The van der Waals surface area contributed by atoms with E-state index in [0.717, 1.165) is 42.1 Å². The first-order chi connectivity index (χ1) is 16.2. The van der Waals surface area contributed by atoms with E-state index in [1.54, 1.807) is 15.3 Å². The standard InChI is InChI=1S/C25H30N6O2/c1-2-3-14-33-24-11-7-6-10-21(24)22-15-23-25(32)29(12-13-31(23)27-22)17-20-18-30(28-26-20)16-19-8-4-5-9-19/h6-7,10-13,15,18-19H,2-5,8-9,14,16-17H2,1H3. The molecule has 1 aliphatic carbocycles. The largest absolute Gasteiger partial charge is 0.493 e. The zero-order chi connectivity index (χ0) is 22.6. The van der Waals surface area contributed by atoms with E-state index in [2.05, 4.69) is 22.3 Å². The Morgan fingerprint density at radius 3 is 2.85 bits per heavy atom. The van der Waals surface area contributed by atoms with E-state index in [4.69, 9.17) is 4.74 Å². The van der Waals surface area contributed by atoms with E-state index >= 15 is 0 Å². The molecule has 0 unspecified atom stereocenters. The van der Waals surface area contributed by atoms with Gasteiger partial charge in [0, 0.05) is 24.5 Å². The quantitative estimate of drug-likeness (QED) is 0.361. The van der Waals surface area contributed by atoms with E-state index in [-0.39, 0.29) is 5.56 Å². The molecular formula is C25H30N6O2. The van der Waals surface area contributed by atoms with E-state index in [1.165, 1.54) is 25.7 Å². The van der Waals surface area contributed by atoms with Gasteiger partial charge in [-0.3, -0.25) is 9.48 Å². The minimum atomic E-state index is -0.106. The van der Waals surface area contributed by atoms with Crippen LogP contribution in [0.5, 0.6) is 5.75 Å². The van der Waals surface area contributed by atoms with Crippen molar-refractivity contribution in [1.82, 2.24) is 29.2 Å². The number of rotatable bonds is 9. The molecule has 0 atom stereocenters. The van der Waals surface area contributed by atoms with Gasteiger partial charge in [-0.2, -0.15) is 5.10 Å². The predicted octanol–water partition coefficient (Wildman–Crippen LogP) is 4.17. The Balaban J connectivity index is 1.37. The Morgan fingerprint density at radius 2 is 2.00 bits per heavy atom. The first-order valence-corrected chi connectivity index (χ1v) is 11.9. The summed E-state index contributed by atoms with van der Waals surface area (Å²) in [6, 6.07) is 9.66. The molecule has 33 heavy (non-hydrogen) atoms. The van der Waals surface area contributed by atoms with Gasteiger partial charge in [0.2, 0.25) is 0 Å². The van der Waals surface area contributed by atoms with Gasteiger partial charge >= 0.3 is 0 Å². The van der Waals surface area contributed by atoms with Crippen molar-refractivity contribution >= 4 is 5.52 Å². The number of aromatic nitrogens is 6. The molecule has 0 radical (unpaired) electrons. The molecule has 0 saturated heterocycles. The number of hydrogen-bond donors (Lipinski definition) is 0. The van der Waals surface area contributed by atoms with Gasteiger partial charge in [0.15, 0.2) is 0 Å². The van der Waals surface area contributed by atoms with Crippen molar-refractivity contribution in [2.75, 3.05) is 6.61 Å². The number of hydrogen-bond acceptors (Lipinski definition) is 5. The van der Waals surface area contributed by atoms with Gasteiger partial charge in [-0.25, -0.2) is 4.52 Å². The number of unbranched alkanes of at least 4 members (excludes halogenated alkanes) is 1. The van der Waals surface area contributed by atoms with Gasteiger partial charge < -0.3 is 9.30 Å². The summed E-state index contributed by atoms with van der Waals surface area (Å²) < 4.78 is 11.2. The first kappa shape index (κ1) is 21.4. The van der Waals surface area contributed by atoms with Crippen molar-refractivity contribution in [3.63, 3.8) is 0 Å². The average molecular weight is 447 g/mol. The van der Waals surface area contributed by atoms with Gasteiger partial charge in [0.05, 0.1) is 25.0 Å². The Labute approximate surface area is 192 Å². The van der Waals surface area contributed by atoms with Gasteiger partial charge in [0.1, 0.15) is 17.0 Å². The molecule has 1 aromatic carbocycles. The smallest absolute Gasteiger partial charge is 0.276 e. The maximum atomic E-state index is 13.2. The van der Waals surface area contributed by atoms with E-state index in [9.17, 15) is 4.79 Å². The lowest BCUT2D eigenvalue weighted by Crippen LogP contribution is -2.22. The molecule has 1 aliphatic rings. The minimum Gasteiger partial charge on any atom is -0.493 e. The second kappa shape index (κ2) is 9.60. The lowest BCUT2D eigenvalue weighted by molar-refractivity contribution is 0.310. The molecule has 8 nitrogen and oxygen atoms in total. The lowest BCUT2D eigenvalue weighted by atomic mass is 10.1. The van der Waals surface area contributed by atoms with Crippen molar-refractivity contribution < 1.29 is 4.74 Å². The monoisotopic (exact) mass is 446 g/mol. The van der Waals surface area contributed by atoms with Crippen molar-refractivity contribution in [1.29, 1.82) is 0 Å². The third kappa shape index (κ3) is 4.69. The molecule has 5 rings (SSSR count). The van der Waals surface area contributed by atoms with Crippen LogP contribution >= 0.6 is 0 Å². The molecule has 0 spiro atoms. The van der Waals surface area contributed by atoms with Crippen LogP contribution in [0.25, 0.3) is 16.8 Å². The number of para-hydroxylation sites is 1. The molecule has 0 bridgehead atoms. The third-order valence-corrected chi connectivity index (χ3v) is 6.36. The number of ether oxygens (including phenoxy) is 1. The van der Waals surface area contributed by atoms with Crippen LogP contribution in [0.3, 0.4) is 0 Å². The van der Waals surface area contributed by atoms with E-state index < -0.39 is 0 Å². The summed E-state index contributed by atoms with van der Waals surface area (Å²) in [6.07, 6.45) is 12.7. The number of fused-ring (bicyclic) bond motifs is 1. The van der Waals surface area contributed by atoms with Crippen molar-refractivity contribution in [3.8, 4) is 17.0 Å². The van der Waals surface area contributed by atoms with Gasteiger partial charge in [-0.15, -0.1) is 5.10 Å². The molecular weight excluding hydrogens is 416 g/mol. The minimum absolute atomic E-state index is 0.106. The summed E-state index contributed by atoms with van der Waals surface area (Å²) in [6.45, 7) is 4.09. The summed E-state index contributed by atoms with van der Waals surface area (Å²) in [5, 5.41) is 13.2. The second-order valence-electron chi connectivity index (χ2n) is 8.87. The zero-order valence-corrected chi connectivity index (χ0v) is 19.1. The highest BCUT2D eigenvalue weighted by molar-refractivity contribution is 5.71. The highest BCUT2D eigenvalue weighted by atomic mass is 16.5. The summed E-state index contributed by atoms with van der Waals surface area (Å²) >= 11 is 0. The van der Waals surface area contributed by atoms with E-state index in [1.807, 2.05) is 47.4 Å². The summed E-state index contributed by atoms with van der Waals surface area (Å²) in [4.78, 5) is 13.2. The van der Waals surface area contributed by atoms with Crippen LogP contribution in [0, 0.1) is 5.92 Å². The van der Waals surface area contributed by atoms with Crippen molar-refractivity contribution in [3.05, 3.63) is 65.0 Å². The van der Waals surface area contributed by atoms with Crippen LogP contribution in [-0.2, 0) is 13.1 Å². The van der Waals surface area contributed by atoms with Crippen molar-refractivity contribution in [2.24, 2.45) is 5.92 Å². The van der Waals surface area contributed by atoms with Gasteiger partial charge in [-0.1, -0.05) is 43.5 Å². The maximum absolute atomic E-state index is 13.2. The molecule has 3 heterocycles. The fourth-order valence-corrected chi connectivity index (χ4v) is 4.55. The predicted molar refractivity (Wildman–Crippen MR) is 126 cm³/mol. The third-order valence-electron chi connectivity index (χ3n) is 6.36. The Bertz CT molecular complexity index is 1280. The van der Waals surface area contributed by atoms with Crippen LogP contribution in [-0.4, -0.2) is 35.8 Å². The zero-order valence-electron chi connectivity index (χ0n) is 19.1. The van der Waals surface area contributed by atoms with Crippen LogP contribution < -0.4 is 10.3 Å². The van der Waals surface area contributed by atoms with E-state index in [0.29, 0.717) is 24.6 Å². The topological polar surface area (TPSA) is 79.2 Å². The summed E-state index contributed by atoms with van der Waals surface area (Å²) in [5.41, 5.74) is 2.81. The SMILES string of the molecule is CCCCOc1ccccc1-c1cc2c(=O)n(Cc3cn(CC4CCCC4)nn3)ccn2n1. The maximum Gasteiger partial charge on any atom is 0.276 e. The molecule has 172 valence electrons. The molecule has 0 amide bonds. The molecule has 0 N–H and O–H groups in total. The van der Waals surface area contributed by atoms with Crippen LogP contribution in [0.15, 0.2) is 53.7 Å². The molecule has 1 fully saturated rings. The molecule has 1 saturated carbocycles. The Morgan fingerprint density at radius 1 is 1.15 bits per heavy atom. The average Bonchev–Trinajstić information content (AvgIpc) is 3.58. The van der Waals surface area contributed by atoms with Gasteiger partial charge in [-0.05, 0) is 43.4 Å². The fraction of sp³-hybridized carbons (Fsp3) is 0.440. The summed E-state index contributed by atoms with van der Waals surface area (Å²) in [5.74, 6) is 1.48. The highest BCUT2D eigenvalue weighted by Crippen LogP contribution is 2.29. The lowest BCUT2D eigenvalue weighted by Gasteiger charge is -2.09. The molecule has 4 aromatic rings. The van der Waals surface area contributed by atoms with Crippen molar-refractivity contribution in [2.45, 2.75) is 58.5 Å². The van der Waals surface area contributed by atoms with Crippen LogP contribution in [0.1, 0.15) is 51.1 Å².